The fourth-order valence-corrected chi connectivity index (χ4v) is 3.54. The van der Waals surface area contributed by atoms with Crippen LogP contribution in [-0.4, -0.2) is 29.3 Å². The van der Waals surface area contributed by atoms with Crippen LogP contribution >= 0.6 is 0 Å². The van der Waals surface area contributed by atoms with Crippen LogP contribution in [0.3, 0.4) is 0 Å². The van der Waals surface area contributed by atoms with Crippen molar-refractivity contribution in [3.05, 3.63) is 35.4 Å². The lowest BCUT2D eigenvalue weighted by Gasteiger charge is -2.19. The van der Waals surface area contributed by atoms with Crippen molar-refractivity contribution in [1.29, 1.82) is 0 Å². The van der Waals surface area contributed by atoms with E-state index in [0.717, 1.165) is 43.4 Å². The van der Waals surface area contributed by atoms with E-state index < -0.39 is 0 Å². The molecule has 1 aromatic rings. The summed E-state index contributed by atoms with van der Waals surface area (Å²) in [6.45, 7) is 1.99. The molecule has 0 aromatic heterocycles. The standard InChI is InChI=1S/C18H25N3O2/c19-16-8-7-13(10-16)18(23)20-11-14-4-1-2-5-15(14)12-21-9-3-6-17(21)22/h1-2,4-5,13,16H,3,6-12,19H2,(H,20,23). The Labute approximate surface area is 137 Å². The van der Waals surface area contributed by atoms with Gasteiger partial charge in [0.15, 0.2) is 0 Å². The lowest BCUT2D eigenvalue weighted by atomic mass is 10.0. The second kappa shape index (κ2) is 7.13. The maximum absolute atomic E-state index is 12.2. The minimum absolute atomic E-state index is 0.0531. The third-order valence-electron chi connectivity index (χ3n) is 4.95. The third-order valence-corrected chi connectivity index (χ3v) is 4.95. The largest absolute Gasteiger partial charge is 0.352 e. The summed E-state index contributed by atoms with van der Waals surface area (Å²) < 4.78 is 0. The Kier molecular flexibility index (Phi) is 4.96. The number of benzene rings is 1. The molecule has 124 valence electrons. The molecule has 1 aliphatic heterocycles. The third kappa shape index (κ3) is 3.91. The number of amides is 2. The molecule has 1 aliphatic carbocycles. The summed E-state index contributed by atoms with van der Waals surface area (Å²) in [5.74, 6) is 0.381. The van der Waals surface area contributed by atoms with Gasteiger partial charge in [-0.2, -0.15) is 0 Å². The molecule has 1 aromatic carbocycles. The maximum Gasteiger partial charge on any atom is 0.223 e. The Bertz CT molecular complexity index is 587. The molecule has 23 heavy (non-hydrogen) atoms. The van der Waals surface area contributed by atoms with Gasteiger partial charge in [0, 0.05) is 38.0 Å². The number of carbonyl (C=O) groups excluding carboxylic acids is 2. The van der Waals surface area contributed by atoms with Crippen molar-refractivity contribution >= 4 is 11.8 Å². The summed E-state index contributed by atoms with van der Waals surface area (Å²) in [5.41, 5.74) is 8.08. The molecule has 5 heteroatoms. The van der Waals surface area contributed by atoms with Crippen LogP contribution in [0.15, 0.2) is 24.3 Å². The molecule has 2 aliphatic rings. The molecular formula is C18H25N3O2. The summed E-state index contributed by atoms with van der Waals surface area (Å²) in [6.07, 6.45) is 4.21. The number of nitrogens with one attached hydrogen (secondary N) is 1. The Hall–Kier alpha value is -1.88. The Morgan fingerprint density at radius 2 is 2.04 bits per heavy atom. The minimum Gasteiger partial charge on any atom is -0.352 e. The first kappa shape index (κ1) is 16.0. The zero-order chi connectivity index (χ0) is 16.2. The normalized spacial score (nSPS) is 24.2. The molecule has 0 radical (unpaired) electrons. The monoisotopic (exact) mass is 315 g/mol. The first-order valence-electron chi connectivity index (χ1n) is 8.51. The quantitative estimate of drug-likeness (QED) is 0.865. The molecule has 2 amide bonds. The molecule has 2 atom stereocenters. The fraction of sp³-hybridized carbons (Fsp3) is 0.556. The molecule has 3 N–H and O–H groups in total. The molecular weight excluding hydrogens is 290 g/mol. The Morgan fingerprint density at radius 3 is 2.70 bits per heavy atom. The van der Waals surface area contributed by atoms with Crippen molar-refractivity contribution < 1.29 is 9.59 Å². The van der Waals surface area contributed by atoms with Gasteiger partial charge in [-0.15, -0.1) is 0 Å². The minimum atomic E-state index is 0.0531. The molecule has 5 nitrogen and oxygen atoms in total. The highest BCUT2D eigenvalue weighted by Crippen LogP contribution is 2.24. The van der Waals surface area contributed by atoms with Gasteiger partial charge in [-0.1, -0.05) is 24.3 Å². The van der Waals surface area contributed by atoms with Crippen LogP contribution in [0.2, 0.25) is 0 Å². The van der Waals surface area contributed by atoms with Crippen LogP contribution in [0.5, 0.6) is 0 Å². The van der Waals surface area contributed by atoms with Gasteiger partial charge in [-0.25, -0.2) is 0 Å². The Balaban J connectivity index is 1.59. The number of nitrogens with zero attached hydrogens (tertiary/aromatic N) is 1. The molecule has 0 spiro atoms. The van der Waals surface area contributed by atoms with E-state index in [1.165, 1.54) is 0 Å². The van der Waals surface area contributed by atoms with Crippen LogP contribution < -0.4 is 11.1 Å². The number of hydrogen-bond donors (Lipinski definition) is 2. The average Bonchev–Trinajstić information content (AvgIpc) is 3.15. The second-order valence-electron chi connectivity index (χ2n) is 6.68. The van der Waals surface area contributed by atoms with Crippen LogP contribution in [0.1, 0.15) is 43.2 Å². The van der Waals surface area contributed by atoms with Crippen molar-refractivity contribution in [3.63, 3.8) is 0 Å². The smallest absolute Gasteiger partial charge is 0.223 e. The molecule has 1 saturated heterocycles. The summed E-state index contributed by atoms with van der Waals surface area (Å²) in [6, 6.07) is 8.19. The van der Waals surface area contributed by atoms with Crippen LogP contribution in [0.25, 0.3) is 0 Å². The Morgan fingerprint density at radius 1 is 1.26 bits per heavy atom. The molecule has 1 heterocycles. The van der Waals surface area contributed by atoms with Crippen LogP contribution in [-0.2, 0) is 22.7 Å². The lowest BCUT2D eigenvalue weighted by molar-refractivity contribution is -0.128. The number of carbonyl (C=O) groups is 2. The van der Waals surface area contributed by atoms with Crippen molar-refractivity contribution in [1.82, 2.24) is 10.2 Å². The van der Waals surface area contributed by atoms with Gasteiger partial charge < -0.3 is 16.0 Å². The van der Waals surface area contributed by atoms with Crippen molar-refractivity contribution in [2.24, 2.45) is 11.7 Å². The van der Waals surface area contributed by atoms with Gasteiger partial charge >= 0.3 is 0 Å². The van der Waals surface area contributed by atoms with E-state index in [4.69, 9.17) is 5.73 Å². The van der Waals surface area contributed by atoms with Gasteiger partial charge in [-0.05, 0) is 36.8 Å². The first-order valence-corrected chi connectivity index (χ1v) is 8.51. The van der Waals surface area contributed by atoms with E-state index in [9.17, 15) is 9.59 Å². The van der Waals surface area contributed by atoms with Crippen molar-refractivity contribution in [2.45, 2.75) is 51.2 Å². The highest BCUT2D eigenvalue weighted by atomic mass is 16.2. The average molecular weight is 315 g/mol. The molecule has 3 rings (SSSR count). The first-order chi connectivity index (χ1) is 11.1. The summed E-state index contributed by atoms with van der Waals surface area (Å²) >= 11 is 0. The van der Waals surface area contributed by atoms with E-state index in [0.29, 0.717) is 19.5 Å². The van der Waals surface area contributed by atoms with Crippen LogP contribution in [0, 0.1) is 5.92 Å². The second-order valence-corrected chi connectivity index (χ2v) is 6.68. The van der Waals surface area contributed by atoms with E-state index in [-0.39, 0.29) is 23.8 Å². The van der Waals surface area contributed by atoms with Crippen molar-refractivity contribution in [3.8, 4) is 0 Å². The van der Waals surface area contributed by atoms with E-state index in [1.807, 2.05) is 29.2 Å². The number of nitrogens with two attached hydrogens (primary N) is 1. The summed E-state index contributed by atoms with van der Waals surface area (Å²) in [4.78, 5) is 25.9. The number of rotatable bonds is 5. The van der Waals surface area contributed by atoms with Gasteiger partial charge in [0.1, 0.15) is 0 Å². The molecule has 2 unspecified atom stereocenters. The van der Waals surface area contributed by atoms with Gasteiger partial charge in [0.25, 0.3) is 0 Å². The molecule has 2 fully saturated rings. The zero-order valence-electron chi connectivity index (χ0n) is 13.5. The number of likely N-dealkylation sites (tertiary alicyclic amines) is 1. The molecule has 0 bridgehead atoms. The van der Waals surface area contributed by atoms with Gasteiger partial charge in [-0.3, -0.25) is 9.59 Å². The predicted molar refractivity (Wildman–Crippen MR) is 88.3 cm³/mol. The highest BCUT2D eigenvalue weighted by Gasteiger charge is 2.27. The predicted octanol–water partition coefficient (Wildman–Crippen LogP) is 1.55. The lowest BCUT2D eigenvalue weighted by Crippen LogP contribution is -2.31. The van der Waals surface area contributed by atoms with Gasteiger partial charge in [0.05, 0.1) is 0 Å². The van der Waals surface area contributed by atoms with Crippen LogP contribution in [0.4, 0.5) is 0 Å². The zero-order valence-corrected chi connectivity index (χ0v) is 13.5. The SMILES string of the molecule is NC1CCC(C(=O)NCc2ccccc2CN2CCCC2=O)C1. The maximum atomic E-state index is 12.2. The summed E-state index contributed by atoms with van der Waals surface area (Å²) in [7, 11) is 0. The van der Waals surface area contributed by atoms with E-state index >= 15 is 0 Å². The van der Waals surface area contributed by atoms with E-state index in [2.05, 4.69) is 5.32 Å². The van der Waals surface area contributed by atoms with E-state index in [1.54, 1.807) is 0 Å². The topological polar surface area (TPSA) is 75.4 Å². The molecule has 1 saturated carbocycles. The number of hydrogen-bond acceptors (Lipinski definition) is 3. The summed E-state index contributed by atoms with van der Waals surface area (Å²) in [5, 5.41) is 3.04. The highest BCUT2D eigenvalue weighted by molar-refractivity contribution is 5.79. The fourth-order valence-electron chi connectivity index (χ4n) is 3.54. The van der Waals surface area contributed by atoms with Crippen molar-refractivity contribution in [2.75, 3.05) is 6.54 Å². The van der Waals surface area contributed by atoms with Gasteiger partial charge in [0.2, 0.25) is 11.8 Å².